The number of hydrazine groups is 1. The third-order valence-corrected chi connectivity index (χ3v) is 1.76. The number of carbonyl (C=O) groups is 1. The molecule has 3 N–H and O–H groups in total. The fourth-order valence-electron chi connectivity index (χ4n) is 1.06. The Morgan fingerprint density at radius 1 is 1.54 bits per heavy atom. The van der Waals surface area contributed by atoms with Crippen LogP contribution in [0.15, 0.2) is 18.5 Å². The van der Waals surface area contributed by atoms with E-state index >= 15 is 0 Å². The molecule has 1 rings (SSSR count). The zero-order valence-corrected chi connectivity index (χ0v) is 7.44. The Morgan fingerprint density at radius 2 is 2.38 bits per heavy atom. The molecule has 0 saturated carbocycles. The van der Waals surface area contributed by atoms with Crippen LogP contribution in [0.4, 0.5) is 0 Å². The van der Waals surface area contributed by atoms with Gasteiger partial charge in [-0.3, -0.25) is 14.9 Å². The summed E-state index contributed by atoms with van der Waals surface area (Å²) in [5.74, 6) is 4.82. The standard InChI is InChI=1S/C8H14N4O/c9-11-8(13)4-1-2-6-12-7-3-5-10-12/h3,5,7H,1-2,4,6,9H2,(H,11,13). The Bertz CT molecular complexity index is 245. The number of aryl methyl sites for hydroxylation is 1. The molecule has 0 aliphatic rings. The summed E-state index contributed by atoms with van der Waals surface area (Å²) in [4.78, 5) is 10.7. The first-order valence-electron chi connectivity index (χ1n) is 4.30. The molecular formula is C8H14N4O. The Labute approximate surface area is 76.9 Å². The van der Waals surface area contributed by atoms with Gasteiger partial charge in [0.2, 0.25) is 5.91 Å². The average molecular weight is 182 g/mol. The first-order valence-corrected chi connectivity index (χ1v) is 4.30. The Kier molecular flexibility index (Phi) is 3.98. The van der Waals surface area contributed by atoms with Crippen molar-refractivity contribution in [3.05, 3.63) is 18.5 Å². The van der Waals surface area contributed by atoms with E-state index in [2.05, 4.69) is 10.5 Å². The van der Waals surface area contributed by atoms with E-state index in [1.807, 2.05) is 16.9 Å². The van der Waals surface area contributed by atoms with Crippen LogP contribution in [0.2, 0.25) is 0 Å². The zero-order valence-electron chi connectivity index (χ0n) is 7.44. The van der Waals surface area contributed by atoms with Gasteiger partial charge in [0, 0.05) is 25.4 Å². The summed E-state index contributed by atoms with van der Waals surface area (Å²) in [6.45, 7) is 0.852. The van der Waals surface area contributed by atoms with Crippen molar-refractivity contribution in [3.8, 4) is 0 Å². The summed E-state index contributed by atoms with van der Waals surface area (Å²) >= 11 is 0. The second kappa shape index (κ2) is 5.31. The molecule has 0 aliphatic carbocycles. The van der Waals surface area contributed by atoms with E-state index in [1.165, 1.54) is 0 Å². The molecule has 0 bridgehead atoms. The number of rotatable bonds is 5. The van der Waals surface area contributed by atoms with Crippen LogP contribution in [0.25, 0.3) is 0 Å². The van der Waals surface area contributed by atoms with E-state index < -0.39 is 0 Å². The Hall–Kier alpha value is -1.36. The molecule has 1 amide bonds. The molecular weight excluding hydrogens is 168 g/mol. The van der Waals surface area contributed by atoms with Gasteiger partial charge in [0.05, 0.1) is 0 Å². The summed E-state index contributed by atoms with van der Waals surface area (Å²) in [6, 6.07) is 1.88. The number of aromatic nitrogens is 2. The number of carbonyl (C=O) groups excluding carboxylic acids is 1. The second-order valence-electron chi connectivity index (χ2n) is 2.79. The predicted molar refractivity (Wildman–Crippen MR) is 48.4 cm³/mol. The highest BCUT2D eigenvalue weighted by atomic mass is 16.2. The Balaban J connectivity index is 2.05. The van der Waals surface area contributed by atoms with Crippen molar-refractivity contribution < 1.29 is 4.79 Å². The summed E-state index contributed by atoms with van der Waals surface area (Å²) in [5, 5.41) is 4.04. The molecule has 5 heteroatoms. The third-order valence-electron chi connectivity index (χ3n) is 1.76. The van der Waals surface area contributed by atoms with Gasteiger partial charge in [-0.15, -0.1) is 0 Å². The number of nitrogens with zero attached hydrogens (tertiary/aromatic N) is 2. The van der Waals surface area contributed by atoms with Crippen LogP contribution in [0.3, 0.4) is 0 Å². The summed E-state index contributed by atoms with van der Waals surface area (Å²) in [6.07, 6.45) is 5.91. The first-order chi connectivity index (χ1) is 6.33. The molecule has 0 radical (unpaired) electrons. The van der Waals surface area contributed by atoms with Crippen molar-refractivity contribution in [2.75, 3.05) is 0 Å². The van der Waals surface area contributed by atoms with Gasteiger partial charge in [0.1, 0.15) is 0 Å². The second-order valence-corrected chi connectivity index (χ2v) is 2.79. The van der Waals surface area contributed by atoms with Crippen molar-refractivity contribution in [3.63, 3.8) is 0 Å². The summed E-state index contributed by atoms with van der Waals surface area (Å²) in [5.41, 5.74) is 2.10. The third kappa shape index (κ3) is 3.71. The van der Waals surface area contributed by atoms with Gasteiger partial charge in [0.25, 0.3) is 0 Å². The van der Waals surface area contributed by atoms with E-state index in [0.29, 0.717) is 6.42 Å². The SMILES string of the molecule is NNC(=O)CCCCn1cccn1. The van der Waals surface area contributed by atoms with Crippen molar-refractivity contribution in [1.82, 2.24) is 15.2 Å². The molecule has 0 atom stereocenters. The maximum absolute atomic E-state index is 10.7. The quantitative estimate of drug-likeness (QED) is 0.292. The molecule has 1 aromatic rings. The number of amides is 1. The van der Waals surface area contributed by atoms with Crippen LogP contribution in [0, 0.1) is 0 Å². The maximum atomic E-state index is 10.7. The van der Waals surface area contributed by atoms with Gasteiger partial charge in [-0.05, 0) is 18.9 Å². The van der Waals surface area contributed by atoms with E-state index in [4.69, 9.17) is 5.84 Å². The zero-order chi connectivity index (χ0) is 9.52. The lowest BCUT2D eigenvalue weighted by Gasteiger charge is -2.00. The lowest BCUT2D eigenvalue weighted by atomic mass is 10.2. The smallest absolute Gasteiger partial charge is 0.233 e. The first kappa shape index (κ1) is 9.73. The van der Waals surface area contributed by atoms with Crippen LogP contribution >= 0.6 is 0 Å². The monoisotopic (exact) mass is 182 g/mol. The van der Waals surface area contributed by atoms with E-state index in [-0.39, 0.29) is 5.91 Å². The van der Waals surface area contributed by atoms with Gasteiger partial charge in [0.15, 0.2) is 0 Å². The number of unbranched alkanes of at least 4 members (excludes halogenated alkanes) is 1. The van der Waals surface area contributed by atoms with E-state index in [0.717, 1.165) is 19.4 Å². The lowest BCUT2D eigenvalue weighted by molar-refractivity contribution is -0.121. The van der Waals surface area contributed by atoms with E-state index in [9.17, 15) is 4.79 Å². The molecule has 5 nitrogen and oxygen atoms in total. The molecule has 1 heterocycles. The molecule has 0 fully saturated rings. The number of hydrogen-bond acceptors (Lipinski definition) is 3. The van der Waals surface area contributed by atoms with Crippen molar-refractivity contribution in [1.29, 1.82) is 0 Å². The van der Waals surface area contributed by atoms with Crippen molar-refractivity contribution in [2.45, 2.75) is 25.8 Å². The minimum atomic E-state index is -0.111. The molecule has 72 valence electrons. The van der Waals surface area contributed by atoms with Crippen LogP contribution in [-0.2, 0) is 11.3 Å². The van der Waals surface area contributed by atoms with Gasteiger partial charge >= 0.3 is 0 Å². The lowest BCUT2D eigenvalue weighted by Crippen LogP contribution is -2.29. The topological polar surface area (TPSA) is 72.9 Å². The number of nitrogens with one attached hydrogen (secondary N) is 1. The maximum Gasteiger partial charge on any atom is 0.233 e. The fourth-order valence-corrected chi connectivity index (χ4v) is 1.06. The van der Waals surface area contributed by atoms with Gasteiger partial charge in [-0.2, -0.15) is 5.10 Å². The number of nitrogens with two attached hydrogens (primary N) is 1. The highest BCUT2D eigenvalue weighted by Crippen LogP contribution is 1.97. The molecule has 0 saturated heterocycles. The molecule has 0 spiro atoms. The largest absolute Gasteiger partial charge is 0.294 e. The number of hydrogen-bond donors (Lipinski definition) is 2. The predicted octanol–water partition coefficient (Wildman–Crippen LogP) is 0.0433. The Morgan fingerprint density at radius 3 is 3.00 bits per heavy atom. The summed E-state index contributed by atoms with van der Waals surface area (Å²) < 4.78 is 1.85. The minimum Gasteiger partial charge on any atom is -0.294 e. The van der Waals surface area contributed by atoms with Gasteiger partial charge in [-0.1, -0.05) is 0 Å². The highest BCUT2D eigenvalue weighted by Gasteiger charge is 1.97. The van der Waals surface area contributed by atoms with E-state index in [1.54, 1.807) is 6.20 Å². The fraction of sp³-hybridized carbons (Fsp3) is 0.500. The van der Waals surface area contributed by atoms with Gasteiger partial charge < -0.3 is 0 Å². The van der Waals surface area contributed by atoms with Crippen LogP contribution in [0.1, 0.15) is 19.3 Å². The normalized spacial score (nSPS) is 9.92. The molecule has 0 aromatic carbocycles. The molecule has 13 heavy (non-hydrogen) atoms. The molecule has 1 aromatic heterocycles. The van der Waals surface area contributed by atoms with Crippen LogP contribution in [0.5, 0.6) is 0 Å². The highest BCUT2D eigenvalue weighted by molar-refractivity contribution is 5.74. The molecule has 0 unspecified atom stereocenters. The molecule has 0 aliphatic heterocycles. The van der Waals surface area contributed by atoms with Crippen molar-refractivity contribution in [2.24, 2.45) is 5.84 Å². The minimum absolute atomic E-state index is 0.111. The van der Waals surface area contributed by atoms with Crippen LogP contribution < -0.4 is 11.3 Å². The van der Waals surface area contributed by atoms with Crippen molar-refractivity contribution >= 4 is 5.91 Å². The van der Waals surface area contributed by atoms with Gasteiger partial charge in [-0.25, -0.2) is 5.84 Å². The average Bonchev–Trinajstić information content (AvgIpc) is 2.64. The van der Waals surface area contributed by atoms with Crippen LogP contribution in [-0.4, -0.2) is 15.7 Å². The summed E-state index contributed by atoms with van der Waals surface area (Å²) in [7, 11) is 0.